The molecule has 3 heterocycles. The summed E-state index contributed by atoms with van der Waals surface area (Å²) in [5.41, 5.74) is 12.1. The van der Waals surface area contributed by atoms with Crippen molar-refractivity contribution in [3.63, 3.8) is 0 Å². The zero-order valence-electron chi connectivity index (χ0n) is 42.7. The average molecular weight is 1110 g/mol. The van der Waals surface area contributed by atoms with Crippen LogP contribution in [0.15, 0.2) is 164 Å². The fraction of sp³-hybridized carbons (Fsp3) is 0.231. The van der Waals surface area contributed by atoms with E-state index in [2.05, 4.69) is 249 Å². The number of ether oxygens (including phenoxy) is 1. The van der Waals surface area contributed by atoms with Crippen LogP contribution in [0.5, 0.6) is 11.5 Å². The number of fused-ring (bicyclic) bond motifs is 7. The van der Waals surface area contributed by atoms with Crippen LogP contribution in [0.2, 0.25) is 0 Å². The van der Waals surface area contributed by atoms with Gasteiger partial charge in [0.15, 0.2) is 0 Å². The van der Waals surface area contributed by atoms with Crippen molar-refractivity contribution in [2.24, 2.45) is 0 Å². The number of nitrogens with zero attached hydrogens (tertiary/aromatic N) is 4. The third-order valence-corrected chi connectivity index (χ3v) is 14.5. The first-order valence-corrected chi connectivity index (χ1v) is 24.6. The molecule has 0 radical (unpaired) electrons. The van der Waals surface area contributed by atoms with E-state index in [0.29, 0.717) is 11.5 Å². The number of para-hydroxylation sites is 2. The van der Waals surface area contributed by atoms with Crippen molar-refractivity contribution in [2.75, 3.05) is 9.80 Å². The Morgan fingerprint density at radius 1 is 0.465 bits per heavy atom. The van der Waals surface area contributed by atoms with E-state index in [1.54, 1.807) is 0 Å². The molecule has 71 heavy (non-hydrogen) atoms. The quantitative estimate of drug-likeness (QED) is 0.118. The van der Waals surface area contributed by atoms with Crippen LogP contribution in [0.25, 0.3) is 49.2 Å². The van der Waals surface area contributed by atoms with Gasteiger partial charge in [-0.15, -0.1) is 48.1 Å². The van der Waals surface area contributed by atoms with Gasteiger partial charge in [0.2, 0.25) is 0 Å². The normalized spacial score (nSPS) is 13.3. The number of pyridine rings is 1. The molecule has 10 aromatic rings. The molecule has 0 amide bonds. The number of hydrogen-bond acceptors (Lipinski definition) is 4. The van der Waals surface area contributed by atoms with Crippen molar-refractivity contribution >= 4 is 66.1 Å². The molecule has 0 unspecified atom stereocenters. The second-order valence-corrected chi connectivity index (χ2v) is 22.8. The predicted molar refractivity (Wildman–Crippen MR) is 294 cm³/mol. The largest absolute Gasteiger partial charge is 0.509 e. The molecule has 0 N–H and O–H groups in total. The van der Waals surface area contributed by atoms with Gasteiger partial charge in [0.1, 0.15) is 5.82 Å². The van der Waals surface area contributed by atoms with Crippen molar-refractivity contribution in [1.29, 1.82) is 0 Å². The van der Waals surface area contributed by atoms with E-state index in [1.165, 1.54) is 49.4 Å². The van der Waals surface area contributed by atoms with Gasteiger partial charge in [-0.2, -0.15) is 12.1 Å². The van der Waals surface area contributed by atoms with Crippen LogP contribution in [-0.4, -0.2) is 9.55 Å². The number of anilines is 4. The molecular formula is C65H61N4OPt-3. The molecule has 0 spiro atoms. The SMILES string of the molecule is CC(C)(C)c1cc(N2[CH-]N(c3[c-]c(Oc4[c-]c5c(cc4)c4cc(C(C)(C)C)ccc4n5-c4cc(C(C)(C)c5ccc6ccc7ccccc7c6c5)ccn4)ccc3)c3ccccc32)cc(C(C)(C)C)c1.[Pt]. The number of hydrogen-bond donors (Lipinski definition) is 0. The van der Waals surface area contributed by atoms with E-state index in [1.807, 2.05) is 24.4 Å². The van der Waals surface area contributed by atoms with Gasteiger partial charge < -0.3 is 19.1 Å². The van der Waals surface area contributed by atoms with Gasteiger partial charge in [-0.25, -0.2) is 4.98 Å². The Kier molecular flexibility index (Phi) is 11.9. The van der Waals surface area contributed by atoms with Gasteiger partial charge in [-0.3, -0.25) is 0 Å². The van der Waals surface area contributed by atoms with Crippen molar-refractivity contribution < 1.29 is 25.8 Å². The Labute approximate surface area is 434 Å². The van der Waals surface area contributed by atoms with Crippen LogP contribution in [0, 0.1) is 18.8 Å². The Hall–Kier alpha value is -6.68. The van der Waals surface area contributed by atoms with Crippen molar-refractivity contribution in [2.45, 2.75) is 97.8 Å². The predicted octanol–water partition coefficient (Wildman–Crippen LogP) is 17.5. The van der Waals surface area contributed by atoms with Crippen LogP contribution in [-0.2, 0) is 42.7 Å². The fourth-order valence-corrected chi connectivity index (χ4v) is 10.1. The van der Waals surface area contributed by atoms with Gasteiger partial charge in [0.25, 0.3) is 0 Å². The second-order valence-electron chi connectivity index (χ2n) is 22.8. The summed E-state index contributed by atoms with van der Waals surface area (Å²) >= 11 is 0. The summed E-state index contributed by atoms with van der Waals surface area (Å²) in [6.07, 6.45) is 1.95. The zero-order valence-corrected chi connectivity index (χ0v) is 45.0. The summed E-state index contributed by atoms with van der Waals surface area (Å²) in [4.78, 5) is 9.60. The molecule has 5 nitrogen and oxygen atoms in total. The second kappa shape index (κ2) is 17.6. The molecule has 1 aliphatic heterocycles. The van der Waals surface area contributed by atoms with Gasteiger partial charge in [0, 0.05) is 66.8 Å². The third-order valence-electron chi connectivity index (χ3n) is 14.5. The van der Waals surface area contributed by atoms with Gasteiger partial charge in [0.05, 0.1) is 0 Å². The Morgan fingerprint density at radius 3 is 1.79 bits per heavy atom. The maximum Gasteiger partial charge on any atom is 0.135 e. The monoisotopic (exact) mass is 1110 g/mol. The molecule has 1 aliphatic rings. The van der Waals surface area contributed by atoms with Crippen LogP contribution in [0.1, 0.15) is 104 Å². The van der Waals surface area contributed by atoms with E-state index < -0.39 is 0 Å². The molecule has 2 aromatic heterocycles. The molecule has 8 aromatic carbocycles. The maximum absolute atomic E-state index is 6.76. The molecule has 360 valence electrons. The number of rotatable bonds is 7. The Morgan fingerprint density at radius 2 is 1.07 bits per heavy atom. The van der Waals surface area contributed by atoms with E-state index in [9.17, 15) is 0 Å². The molecular weight excluding hydrogens is 1050 g/mol. The average Bonchev–Trinajstić information content (AvgIpc) is 3.89. The van der Waals surface area contributed by atoms with Crippen molar-refractivity contribution in [3.05, 3.63) is 211 Å². The number of aromatic nitrogens is 2. The smallest absolute Gasteiger partial charge is 0.135 e. The van der Waals surface area contributed by atoms with Crippen LogP contribution in [0.3, 0.4) is 0 Å². The Bertz CT molecular complexity index is 3640. The van der Waals surface area contributed by atoms with E-state index in [4.69, 9.17) is 9.72 Å². The maximum atomic E-state index is 6.76. The molecule has 0 saturated heterocycles. The van der Waals surface area contributed by atoms with Gasteiger partial charge in [-0.1, -0.05) is 161 Å². The molecule has 0 fully saturated rings. The molecule has 0 atom stereocenters. The standard InChI is InChI=1S/C65H61N4O.Pt/c1-62(2,3)44-27-30-57-56(36-44)54-29-28-52(40-60(54)69(57)61-38-46(31-32-66-61)65(10,11)45-26-25-43-24-23-42-17-12-13-20-53(42)55(43)37-45)70-51-19-16-18-49(39-51)67-41-68(59-22-15-14-21-58(59)67)50-34-47(63(4,5)6)33-48(35-50)64(7,8)9;/h12-38,41H,1-11H3;/q-3;. The summed E-state index contributed by atoms with van der Waals surface area (Å²) in [6.45, 7) is 27.3. The van der Waals surface area contributed by atoms with Crippen LogP contribution < -0.4 is 14.5 Å². The van der Waals surface area contributed by atoms with E-state index in [-0.39, 0.29) is 42.7 Å². The zero-order chi connectivity index (χ0) is 48.9. The topological polar surface area (TPSA) is 33.5 Å². The van der Waals surface area contributed by atoms with Crippen molar-refractivity contribution in [1.82, 2.24) is 9.55 Å². The summed E-state index contributed by atoms with van der Waals surface area (Å²) < 4.78 is 9.01. The summed E-state index contributed by atoms with van der Waals surface area (Å²) in [7, 11) is 0. The molecule has 0 aliphatic carbocycles. The van der Waals surface area contributed by atoms with Crippen LogP contribution in [0.4, 0.5) is 22.7 Å². The first kappa shape index (κ1) is 48.0. The third kappa shape index (κ3) is 8.71. The van der Waals surface area contributed by atoms with Gasteiger partial charge in [-0.05, 0) is 120 Å². The summed E-state index contributed by atoms with van der Waals surface area (Å²) in [5, 5.41) is 7.27. The molecule has 6 heteroatoms. The molecule has 0 saturated carbocycles. The van der Waals surface area contributed by atoms with Crippen molar-refractivity contribution in [3.8, 4) is 17.3 Å². The van der Waals surface area contributed by atoms with E-state index >= 15 is 0 Å². The minimum Gasteiger partial charge on any atom is -0.509 e. The van der Waals surface area contributed by atoms with E-state index in [0.717, 1.165) is 50.4 Å². The first-order chi connectivity index (χ1) is 33.3. The van der Waals surface area contributed by atoms with Crippen LogP contribution >= 0.6 is 0 Å². The molecule has 0 bridgehead atoms. The summed E-state index contributed by atoms with van der Waals surface area (Å²) in [5.74, 6) is 2.03. The minimum absolute atomic E-state index is 0. The number of benzene rings is 8. The summed E-state index contributed by atoms with van der Waals surface area (Å²) in [6, 6.07) is 64.5. The molecule has 11 rings (SSSR count). The minimum atomic E-state index is -0.323. The fourth-order valence-electron chi connectivity index (χ4n) is 10.1. The van der Waals surface area contributed by atoms with Gasteiger partial charge >= 0.3 is 0 Å². The first-order valence-electron chi connectivity index (χ1n) is 24.6. The Balaban J connectivity index is 0.00000582.